The molecule has 0 atom stereocenters. The molecule has 2 aromatic rings. The van der Waals surface area contributed by atoms with Gasteiger partial charge in [0.05, 0.1) is 5.71 Å². The van der Waals surface area contributed by atoms with E-state index in [1.165, 1.54) is 0 Å². The smallest absolute Gasteiger partial charge is 0.267 e. The second-order valence-corrected chi connectivity index (χ2v) is 4.45. The SMILES string of the molecule is CCC(=NNC(=O)c1ccc(C)cc1)c1ccncc1. The molecule has 1 heterocycles. The number of hydrogen-bond donors (Lipinski definition) is 1. The first kappa shape index (κ1) is 13.9. The van der Waals surface area contributed by atoms with E-state index < -0.39 is 0 Å². The van der Waals surface area contributed by atoms with Gasteiger partial charge >= 0.3 is 0 Å². The Morgan fingerprint density at radius 1 is 1.10 bits per heavy atom. The molecule has 102 valence electrons. The number of amides is 1. The van der Waals surface area contributed by atoms with Gasteiger partial charge in [-0.2, -0.15) is 5.10 Å². The third-order valence-electron chi connectivity index (χ3n) is 2.95. The van der Waals surface area contributed by atoms with Gasteiger partial charge in [-0.15, -0.1) is 0 Å². The number of pyridine rings is 1. The van der Waals surface area contributed by atoms with Crippen molar-refractivity contribution in [1.82, 2.24) is 10.4 Å². The second kappa shape index (κ2) is 6.61. The molecule has 0 saturated carbocycles. The van der Waals surface area contributed by atoms with Crippen molar-refractivity contribution in [1.29, 1.82) is 0 Å². The van der Waals surface area contributed by atoms with E-state index in [1.54, 1.807) is 24.5 Å². The van der Waals surface area contributed by atoms with E-state index in [0.717, 1.165) is 23.3 Å². The first-order valence-corrected chi connectivity index (χ1v) is 6.54. The van der Waals surface area contributed by atoms with Crippen LogP contribution in [0.1, 0.15) is 34.8 Å². The molecule has 20 heavy (non-hydrogen) atoms. The third kappa shape index (κ3) is 3.51. The van der Waals surface area contributed by atoms with Crippen LogP contribution >= 0.6 is 0 Å². The largest absolute Gasteiger partial charge is 0.271 e. The monoisotopic (exact) mass is 267 g/mol. The highest BCUT2D eigenvalue weighted by atomic mass is 16.2. The molecule has 0 fully saturated rings. The number of carbonyl (C=O) groups is 1. The van der Waals surface area contributed by atoms with E-state index in [1.807, 2.05) is 38.1 Å². The van der Waals surface area contributed by atoms with Crippen LogP contribution in [0, 0.1) is 6.92 Å². The number of rotatable bonds is 4. The zero-order chi connectivity index (χ0) is 14.4. The molecule has 0 aliphatic rings. The lowest BCUT2D eigenvalue weighted by Gasteiger charge is -2.05. The molecule has 0 aliphatic heterocycles. The molecule has 2 rings (SSSR count). The number of benzene rings is 1. The highest BCUT2D eigenvalue weighted by Crippen LogP contribution is 2.05. The summed E-state index contributed by atoms with van der Waals surface area (Å²) in [6.45, 7) is 3.98. The number of nitrogens with zero attached hydrogens (tertiary/aromatic N) is 2. The highest BCUT2D eigenvalue weighted by molar-refractivity contribution is 6.02. The van der Waals surface area contributed by atoms with Gasteiger partial charge in [-0.1, -0.05) is 24.6 Å². The predicted octanol–water partition coefficient (Wildman–Crippen LogP) is 2.93. The predicted molar refractivity (Wildman–Crippen MR) is 79.7 cm³/mol. The molecule has 0 unspecified atom stereocenters. The van der Waals surface area contributed by atoms with E-state index in [2.05, 4.69) is 15.5 Å². The van der Waals surface area contributed by atoms with Gasteiger partial charge in [-0.05, 0) is 37.6 Å². The lowest BCUT2D eigenvalue weighted by Crippen LogP contribution is -2.20. The first-order valence-electron chi connectivity index (χ1n) is 6.54. The molecule has 0 radical (unpaired) electrons. The number of hydrazone groups is 1. The maximum atomic E-state index is 12.0. The zero-order valence-corrected chi connectivity index (χ0v) is 11.6. The average molecular weight is 267 g/mol. The van der Waals surface area contributed by atoms with Crippen LogP contribution in [0.5, 0.6) is 0 Å². The Balaban J connectivity index is 2.11. The summed E-state index contributed by atoms with van der Waals surface area (Å²) in [4.78, 5) is 15.9. The number of nitrogens with one attached hydrogen (secondary N) is 1. The molecule has 4 heteroatoms. The van der Waals surface area contributed by atoms with Crippen LogP contribution in [-0.2, 0) is 0 Å². The Hall–Kier alpha value is -2.49. The van der Waals surface area contributed by atoms with Gasteiger partial charge in [0.15, 0.2) is 0 Å². The summed E-state index contributed by atoms with van der Waals surface area (Å²) in [5.74, 6) is -0.204. The van der Waals surface area contributed by atoms with Crippen LogP contribution in [0.15, 0.2) is 53.9 Å². The number of aryl methyl sites for hydroxylation is 1. The molecule has 0 spiro atoms. The van der Waals surface area contributed by atoms with Crippen molar-refractivity contribution in [2.75, 3.05) is 0 Å². The molecule has 0 saturated heterocycles. The van der Waals surface area contributed by atoms with E-state index in [-0.39, 0.29) is 5.91 Å². The lowest BCUT2D eigenvalue weighted by atomic mass is 10.1. The van der Waals surface area contributed by atoms with Gasteiger partial charge in [-0.3, -0.25) is 9.78 Å². The lowest BCUT2D eigenvalue weighted by molar-refractivity contribution is 0.0955. The Morgan fingerprint density at radius 3 is 2.35 bits per heavy atom. The quantitative estimate of drug-likeness (QED) is 0.684. The van der Waals surface area contributed by atoms with Crippen molar-refractivity contribution in [3.63, 3.8) is 0 Å². The standard InChI is InChI=1S/C16H17N3O/c1-3-15(13-8-10-17-11-9-13)18-19-16(20)14-6-4-12(2)5-7-14/h4-11H,3H2,1-2H3,(H,19,20). The third-order valence-corrected chi connectivity index (χ3v) is 2.95. The maximum Gasteiger partial charge on any atom is 0.271 e. The fourth-order valence-corrected chi connectivity index (χ4v) is 1.78. The summed E-state index contributed by atoms with van der Waals surface area (Å²) < 4.78 is 0. The van der Waals surface area contributed by atoms with Gasteiger partial charge in [-0.25, -0.2) is 5.43 Å². The van der Waals surface area contributed by atoms with Gasteiger partial charge < -0.3 is 0 Å². The van der Waals surface area contributed by atoms with Crippen molar-refractivity contribution in [2.24, 2.45) is 5.10 Å². The Labute approximate surface area is 118 Å². The summed E-state index contributed by atoms with van der Waals surface area (Å²) in [5.41, 5.74) is 6.11. The Bertz CT molecular complexity index is 603. The van der Waals surface area contributed by atoms with Gasteiger partial charge in [0, 0.05) is 23.5 Å². The molecule has 4 nitrogen and oxygen atoms in total. The Kier molecular flexibility index (Phi) is 4.60. The number of carbonyl (C=O) groups excluding carboxylic acids is 1. The minimum absolute atomic E-state index is 0.204. The fourth-order valence-electron chi connectivity index (χ4n) is 1.78. The topological polar surface area (TPSA) is 54.4 Å². The normalized spacial score (nSPS) is 11.2. The number of hydrogen-bond acceptors (Lipinski definition) is 3. The molecular formula is C16H17N3O. The van der Waals surface area contributed by atoms with Crippen molar-refractivity contribution in [3.05, 3.63) is 65.5 Å². The Morgan fingerprint density at radius 2 is 1.75 bits per heavy atom. The molecule has 0 aliphatic carbocycles. The van der Waals surface area contributed by atoms with Crippen LogP contribution in [0.2, 0.25) is 0 Å². The van der Waals surface area contributed by atoms with Crippen molar-refractivity contribution in [2.45, 2.75) is 20.3 Å². The summed E-state index contributed by atoms with van der Waals surface area (Å²) in [6.07, 6.45) is 4.16. The van der Waals surface area contributed by atoms with Crippen LogP contribution in [0.3, 0.4) is 0 Å². The minimum atomic E-state index is -0.204. The van der Waals surface area contributed by atoms with E-state index in [4.69, 9.17) is 0 Å². The van der Waals surface area contributed by atoms with Gasteiger partial charge in [0.1, 0.15) is 0 Å². The molecular weight excluding hydrogens is 250 g/mol. The van der Waals surface area contributed by atoms with Crippen molar-refractivity contribution in [3.8, 4) is 0 Å². The van der Waals surface area contributed by atoms with Crippen LogP contribution < -0.4 is 5.43 Å². The van der Waals surface area contributed by atoms with Gasteiger partial charge in [0.2, 0.25) is 0 Å². The molecule has 0 bridgehead atoms. The summed E-state index contributed by atoms with van der Waals surface area (Å²) in [5, 5.41) is 4.20. The van der Waals surface area contributed by atoms with Crippen molar-refractivity contribution >= 4 is 11.6 Å². The van der Waals surface area contributed by atoms with Crippen LogP contribution in [0.25, 0.3) is 0 Å². The van der Waals surface area contributed by atoms with E-state index >= 15 is 0 Å². The summed E-state index contributed by atoms with van der Waals surface area (Å²) in [7, 11) is 0. The zero-order valence-electron chi connectivity index (χ0n) is 11.6. The summed E-state index contributed by atoms with van der Waals surface area (Å²) in [6, 6.07) is 11.1. The summed E-state index contributed by atoms with van der Waals surface area (Å²) >= 11 is 0. The van der Waals surface area contributed by atoms with E-state index in [0.29, 0.717) is 5.56 Å². The first-order chi connectivity index (χ1) is 9.70. The van der Waals surface area contributed by atoms with E-state index in [9.17, 15) is 4.79 Å². The maximum absolute atomic E-state index is 12.0. The average Bonchev–Trinajstić information content (AvgIpc) is 2.49. The second-order valence-electron chi connectivity index (χ2n) is 4.45. The fraction of sp³-hybridized carbons (Fsp3) is 0.188. The van der Waals surface area contributed by atoms with Crippen molar-refractivity contribution < 1.29 is 4.79 Å². The van der Waals surface area contributed by atoms with Crippen LogP contribution in [-0.4, -0.2) is 16.6 Å². The molecule has 1 aromatic heterocycles. The molecule has 1 aromatic carbocycles. The minimum Gasteiger partial charge on any atom is -0.267 e. The number of aromatic nitrogens is 1. The highest BCUT2D eigenvalue weighted by Gasteiger charge is 2.05. The molecule has 1 amide bonds. The van der Waals surface area contributed by atoms with Gasteiger partial charge in [0.25, 0.3) is 5.91 Å². The molecule has 1 N–H and O–H groups in total. The van der Waals surface area contributed by atoms with Crippen LogP contribution in [0.4, 0.5) is 0 Å².